The van der Waals surface area contributed by atoms with Crippen LogP contribution in [0.25, 0.3) is 5.57 Å². The third-order valence-corrected chi connectivity index (χ3v) is 8.46. The fourth-order valence-electron chi connectivity index (χ4n) is 6.86. The maximum Gasteiger partial charge on any atom is 0.238 e. The van der Waals surface area contributed by atoms with Gasteiger partial charge >= 0.3 is 0 Å². The lowest BCUT2D eigenvalue weighted by Crippen LogP contribution is -2.51. The van der Waals surface area contributed by atoms with Gasteiger partial charge in [0, 0.05) is 40.5 Å². The van der Waals surface area contributed by atoms with Crippen LogP contribution in [-0.2, 0) is 10.2 Å². The molecule has 1 fully saturated rings. The monoisotopic (exact) mass is 511 g/mol. The summed E-state index contributed by atoms with van der Waals surface area (Å²) in [6.07, 6.45) is 5.20. The number of allylic oxidation sites excluding steroid dienone is 1. The Morgan fingerprint density at radius 2 is 1.49 bits per heavy atom. The molecule has 0 saturated carbocycles. The Morgan fingerprint density at radius 3 is 2.28 bits per heavy atom. The first kappa shape index (κ1) is 23.3. The highest BCUT2D eigenvalue weighted by atomic mass is 16.2. The number of carbonyl (C=O) groups excluding carboxylic acids is 3. The van der Waals surface area contributed by atoms with Gasteiger partial charge in [0.25, 0.3) is 0 Å². The van der Waals surface area contributed by atoms with Crippen molar-refractivity contribution in [2.24, 2.45) is 5.92 Å². The second-order valence-electron chi connectivity index (χ2n) is 10.3. The number of carbonyl (C=O) groups is 3. The molecule has 4 atom stereocenters. The number of para-hydroxylation sites is 2. The van der Waals surface area contributed by atoms with Crippen LogP contribution in [0.15, 0.2) is 109 Å². The maximum atomic E-state index is 14.6. The molecule has 0 radical (unpaired) electrons. The molecule has 6 nitrogen and oxygen atoms in total. The van der Waals surface area contributed by atoms with Crippen LogP contribution in [-0.4, -0.2) is 34.5 Å². The van der Waals surface area contributed by atoms with Gasteiger partial charge in [0.2, 0.25) is 5.91 Å². The molecule has 3 aromatic carbocycles. The lowest BCUT2D eigenvalue weighted by molar-refractivity contribution is -0.121. The molecule has 1 amide bonds. The van der Waals surface area contributed by atoms with E-state index in [0.717, 1.165) is 22.4 Å². The van der Waals surface area contributed by atoms with Crippen LogP contribution < -0.4 is 10.2 Å². The molecule has 39 heavy (non-hydrogen) atoms. The van der Waals surface area contributed by atoms with E-state index in [1.54, 1.807) is 36.7 Å². The zero-order chi connectivity index (χ0) is 26.7. The molecular formula is C33H25N3O3. The molecule has 1 aromatic heterocycles. The topological polar surface area (TPSA) is 79.4 Å². The van der Waals surface area contributed by atoms with E-state index in [1.807, 2.05) is 78.6 Å². The zero-order valence-electron chi connectivity index (χ0n) is 21.2. The quantitative estimate of drug-likeness (QED) is 0.375. The summed E-state index contributed by atoms with van der Waals surface area (Å²) in [5.74, 6) is -1.70. The Balaban J connectivity index is 1.57. The van der Waals surface area contributed by atoms with E-state index in [2.05, 4.69) is 16.4 Å². The molecule has 3 aliphatic heterocycles. The van der Waals surface area contributed by atoms with Gasteiger partial charge in [0.15, 0.2) is 11.6 Å². The number of anilines is 2. The van der Waals surface area contributed by atoms with E-state index < -0.39 is 23.4 Å². The number of aromatic nitrogens is 1. The summed E-state index contributed by atoms with van der Waals surface area (Å²) < 4.78 is 0. The summed E-state index contributed by atoms with van der Waals surface area (Å²) in [5, 5.41) is 3.07. The zero-order valence-corrected chi connectivity index (χ0v) is 21.2. The lowest BCUT2D eigenvalue weighted by atomic mass is 9.64. The fourth-order valence-corrected chi connectivity index (χ4v) is 6.86. The normalized spacial score (nSPS) is 24.4. The van der Waals surface area contributed by atoms with Gasteiger partial charge in [0.05, 0.1) is 12.0 Å². The molecule has 4 aromatic rings. The van der Waals surface area contributed by atoms with Crippen LogP contribution in [0.4, 0.5) is 11.4 Å². The number of pyridine rings is 1. The van der Waals surface area contributed by atoms with Crippen LogP contribution in [0.3, 0.4) is 0 Å². The van der Waals surface area contributed by atoms with Gasteiger partial charge in [-0.15, -0.1) is 0 Å². The average molecular weight is 512 g/mol. The third-order valence-electron chi connectivity index (χ3n) is 8.46. The van der Waals surface area contributed by atoms with E-state index in [-0.39, 0.29) is 17.5 Å². The summed E-state index contributed by atoms with van der Waals surface area (Å²) in [7, 11) is 0. The Morgan fingerprint density at radius 1 is 0.821 bits per heavy atom. The van der Waals surface area contributed by atoms with Gasteiger partial charge in [-0.25, -0.2) is 0 Å². The molecule has 0 bridgehead atoms. The molecule has 1 saturated heterocycles. The van der Waals surface area contributed by atoms with Crippen molar-refractivity contribution in [3.8, 4) is 0 Å². The highest BCUT2D eigenvalue weighted by Gasteiger charge is 2.70. The van der Waals surface area contributed by atoms with Gasteiger partial charge in [-0.2, -0.15) is 0 Å². The predicted molar refractivity (Wildman–Crippen MR) is 150 cm³/mol. The highest BCUT2D eigenvalue weighted by molar-refractivity contribution is 6.18. The van der Waals surface area contributed by atoms with Crippen molar-refractivity contribution < 1.29 is 14.4 Å². The van der Waals surface area contributed by atoms with Crippen LogP contribution in [0.5, 0.6) is 0 Å². The maximum absolute atomic E-state index is 14.6. The largest absolute Gasteiger partial charge is 0.352 e. The number of fused-ring (bicyclic) bond motifs is 6. The first-order valence-corrected chi connectivity index (χ1v) is 13.0. The fraction of sp³-hybridized carbons (Fsp3) is 0.152. The van der Waals surface area contributed by atoms with Crippen molar-refractivity contribution in [1.29, 1.82) is 0 Å². The Hall–Kier alpha value is -4.84. The third kappa shape index (κ3) is 3.15. The van der Waals surface area contributed by atoms with Crippen molar-refractivity contribution in [3.63, 3.8) is 0 Å². The number of hydrogen-bond acceptors (Lipinski definition) is 5. The van der Waals surface area contributed by atoms with Crippen molar-refractivity contribution in [3.05, 3.63) is 132 Å². The number of Topliss-reactive ketones (excluding diaryl/α,β-unsaturated/α-hetero) is 2. The molecule has 190 valence electrons. The number of rotatable bonds is 4. The molecule has 1 spiro atoms. The van der Waals surface area contributed by atoms with Crippen LogP contribution >= 0.6 is 0 Å². The summed E-state index contributed by atoms with van der Waals surface area (Å²) in [6, 6.07) is 26.3. The van der Waals surface area contributed by atoms with E-state index in [4.69, 9.17) is 0 Å². The molecule has 1 N–H and O–H groups in total. The number of nitrogens with zero attached hydrogens (tertiary/aromatic N) is 2. The molecule has 4 heterocycles. The van der Waals surface area contributed by atoms with Crippen molar-refractivity contribution in [2.45, 2.75) is 24.4 Å². The SMILES string of the molecule is CC1=C[C@@H]2N(c3ccccc31)[C@H](C(=O)c1ccccc1)[C@@H](C(=O)c1ccncc1)[C@]21C(=O)Nc2ccccc21. The average Bonchev–Trinajstić information content (AvgIpc) is 3.45. The van der Waals surface area contributed by atoms with Gasteiger partial charge in [-0.05, 0) is 42.3 Å². The first-order valence-electron chi connectivity index (χ1n) is 13.0. The molecular weight excluding hydrogens is 486 g/mol. The lowest BCUT2D eigenvalue weighted by Gasteiger charge is -2.39. The van der Waals surface area contributed by atoms with E-state index in [1.165, 1.54) is 0 Å². The van der Waals surface area contributed by atoms with E-state index >= 15 is 0 Å². The minimum Gasteiger partial charge on any atom is -0.352 e. The first-order chi connectivity index (χ1) is 19.0. The molecule has 0 aliphatic carbocycles. The standard InChI is InChI=1S/C33H25N3O3/c1-20-19-27-33(24-12-6-7-13-25(24)35-32(33)39)28(30(37)22-15-17-34-18-16-22)29(31(38)21-9-3-2-4-10-21)36(27)26-14-8-5-11-23(20)26/h2-19,27-29H,1H3,(H,35,39)/t27-,28-,29-,33+/m0/s1. The van der Waals surface area contributed by atoms with Crippen LogP contribution in [0.2, 0.25) is 0 Å². The van der Waals surface area contributed by atoms with Crippen molar-refractivity contribution >= 4 is 34.4 Å². The molecule has 3 aliphatic rings. The summed E-state index contributed by atoms with van der Waals surface area (Å²) in [5.41, 5.74) is 3.86. The minimum absolute atomic E-state index is 0.190. The molecule has 6 heteroatoms. The van der Waals surface area contributed by atoms with Gasteiger partial charge in [-0.1, -0.05) is 72.8 Å². The molecule has 0 unspecified atom stereocenters. The second kappa shape index (κ2) is 8.60. The van der Waals surface area contributed by atoms with Gasteiger partial charge in [-0.3, -0.25) is 19.4 Å². The van der Waals surface area contributed by atoms with E-state index in [0.29, 0.717) is 16.8 Å². The Bertz CT molecular complexity index is 1680. The summed E-state index contributed by atoms with van der Waals surface area (Å²) >= 11 is 0. The predicted octanol–water partition coefficient (Wildman–Crippen LogP) is 5.33. The van der Waals surface area contributed by atoms with Crippen LogP contribution in [0.1, 0.15) is 38.8 Å². The van der Waals surface area contributed by atoms with Crippen molar-refractivity contribution in [2.75, 3.05) is 10.2 Å². The number of nitrogens with one attached hydrogen (secondary N) is 1. The van der Waals surface area contributed by atoms with Crippen molar-refractivity contribution in [1.82, 2.24) is 4.98 Å². The number of benzene rings is 3. The summed E-state index contributed by atoms with van der Waals surface area (Å²) in [6.45, 7) is 2.02. The highest BCUT2D eigenvalue weighted by Crippen LogP contribution is 2.58. The number of hydrogen-bond donors (Lipinski definition) is 1. The smallest absolute Gasteiger partial charge is 0.238 e. The Kier molecular flexibility index (Phi) is 5.13. The van der Waals surface area contributed by atoms with E-state index in [9.17, 15) is 14.4 Å². The van der Waals surface area contributed by atoms with Gasteiger partial charge in [0.1, 0.15) is 11.5 Å². The minimum atomic E-state index is -1.32. The second-order valence-corrected chi connectivity index (χ2v) is 10.3. The van der Waals surface area contributed by atoms with Gasteiger partial charge < -0.3 is 10.2 Å². The summed E-state index contributed by atoms with van der Waals surface area (Å²) in [4.78, 5) is 49.6. The Labute approximate surface area is 226 Å². The number of amides is 1. The number of ketones is 2. The molecule has 7 rings (SSSR count). The van der Waals surface area contributed by atoms with Crippen LogP contribution in [0, 0.1) is 5.92 Å².